The van der Waals surface area contributed by atoms with E-state index in [9.17, 15) is 27.9 Å². The van der Waals surface area contributed by atoms with Crippen LogP contribution >= 0.6 is 11.6 Å². The maximum absolute atomic E-state index is 13.9. The van der Waals surface area contributed by atoms with Crippen molar-refractivity contribution in [1.29, 1.82) is 0 Å². The van der Waals surface area contributed by atoms with E-state index in [0.717, 1.165) is 36.3 Å². The summed E-state index contributed by atoms with van der Waals surface area (Å²) in [6.45, 7) is 0.353. The van der Waals surface area contributed by atoms with Crippen LogP contribution in [0.1, 0.15) is 48.0 Å². The third kappa shape index (κ3) is 5.94. The van der Waals surface area contributed by atoms with E-state index in [1.807, 2.05) is 0 Å². The maximum atomic E-state index is 13.9. The molecule has 1 aliphatic heterocycles. The molecule has 2 fully saturated rings. The van der Waals surface area contributed by atoms with Crippen LogP contribution in [0.5, 0.6) is 5.75 Å². The van der Waals surface area contributed by atoms with E-state index in [-0.39, 0.29) is 25.1 Å². The molecule has 3 atom stereocenters. The van der Waals surface area contributed by atoms with E-state index in [0.29, 0.717) is 41.0 Å². The molecule has 1 aliphatic carbocycles. The Morgan fingerprint density at radius 1 is 1.08 bits per heavy atom. The number of aliphatic hydroxyl groups is 1. The lowest BCUT2D eigenvalue weighted by Crippen LogP contribution is -2.57. The summed E-state index contributed by atoms with van der Waals surface area (Å²) in [4.78, 5) is 27.6. The third-order valence-corrected chi connectivity index (χ3v) is 7.79. The molecule has 38 heavy (non-hydrogen) atoms. The van der Waals surface area contributed by atoms with Gasteiger partial charge in [-0.25, -0.2) is 0 Å². The number of benzene rings is 2. The summed E-state index contributed by atoms with van der Waals surface area (Å²) in [6.07, 6.45) is -1.17. The highest BCUT2D eigenvalue weighted by Crippen LogP contribution is 2.43. The number of halogens is 4. The van der Waals surface area contributed by atoms with Crippen molar-refractivity contribution in [2.75, 3.05) is 27.2 Å². The van der Waals surface area contributed by atoms with Gasteiger partial charge in [-0.15, -0.1) is 0 Å². The lowest BCUT2D eigenvalue weighted by Gasteiger charge is -2.38. The second kappa shape index (κ2) is 11.1. The predicted octanol–water partition coefficient (Wildman–Crippen LogP) is 5.28. The molecule has 10 heteroatoms. The van der Waals surface area contributed by atoms with Gasteiger partial charge in [-0.05, 0) is 62.1 Å². The van der Waals surface area contributed by atoms with Crippen LogP contribution < -0.4 is 4.74 Å². The van der Waals surface area contributed by atoms with Crippen molar-refractivity contribution in [2.45, 2.75) is 50.0 Å². The van der Waals surface area contributed by atoms with Crippen LogP contribution in [-0.4, -0.2) is 66.2 Å². The smallest absolute Gasteiger partial charge is 0.430 e. The van der Waals surface area contributed by atoms with Crippen LogP contribution in [0.3, 0.4) is 0 Å². The molecule has 1 saturated heterocycles. The van der Waals surface area contributed by atoms with Crippen LogP contribution in [0.15, 0.2) is 48.5 Å². The number of rotatable bonds is 8. The largest absolute Gasteiger partial charge is 0.490 e. The lowest BCUT2D eigenvalue weighted by molar-refractivity contribution is -0.262. The minimum Gasteiger partial charge on any atom is -0.490 e. The normalized spacial score (nSPS) is 21.5. The highest BCUT2D eigenvalue weighted by atomic mass is 35.5. The van der Waals surface area contributed by atoms with Crippen LogP contribution in [0.25, 0.3) is 0 Å². The molecule has 0 unspecified atom stereocenters. The molecular weight excluding hydrogens is 521 g/mol. The van der Waals surface area contributed by atoms with Crippen molar-refractivity contribution in [2.24, 2.45) is 11.8 Å². The Balaban J connectivity index is 1.25. The molecular formula is C28H32ClF3N2O4. The van der Waals surface area contributed by atoms with Gasteiger partial charge in [0.25, 0.3) is 17.4 Å². The fourth-order valence-electron chi connectivity index (χ4n) is 5.02. The molecule has 1 heterocycles. The zero-order chi connectivity index (χ0) is 27.7. The molecule has 2 amide bonds. The quantitative estimate of drug-likeness (QED) is 0.484. The topological polar surface area (TPSA) is 70.1 Å². The van der Waals surface area contributed by atoms with Crippen molar-refractivity contribution >= 4 is 23.4 Å². The maximum Gasteiger partial charge on any atom is 0.430 e. The van der Waals surface area contributed by atoms with Crippen molar-refractivity contribution < 1.29 is 32.6 Å². The number of carbonyl (C=O) groups is 2. The van der Waals surface area contributed by atoms with Crippen molar-refractivity contribution in [1.82, 2.24) is 9.80 Å². The molecule has 2 aromatic carbocycles. The van der Waals surface area contributed by atoms with E-state index in [4.69, 9.17) is 16.3 Å². The van der Waals surface area contributed by atoms with Crippen molar-refractivity contribution in [3.8, 4) is 5.75 Å². The number of amides is 2. The van der Waals surface area contributed by atoms with Crippen LogP contribution in [0.4, 0.5) is 13.2 Å². The molecule has 1 saturated carbocycles. The number of ether oxygens (including phenoxy) is 1. The minimum atomic E-state index is -5.13. The third-order valence-electron chi connectivity index (χ3n) is 7.48. The van der Waals surface area contributed by atoms with Crippen LogP contribution in [0.2, 0.25) is 5.02 Å². The Morgan fingerprint density at radius 3 is 2.32 bits per heavy atom. The highest BCUT2D eigenvalue weighted by molar-refractivity contribution is 6.34. The second-order valence-electron chi connectivity index (χ2n) is 10.4. The van der Waals surface area contributed by atoms with Gasteiger partial charge in [0.05, 0.1) is 10.6 Å². The summed E-state index contributed by atoms with van der Waals surface area (Å²) in [5.74, 6) is -0.212. The van der Waals surface area contributed by atoms with Gasteiger partial charge < -0.3 is 19.6 Å². The number of hydrogen-bond donors (Lipinski definition) is 1. The van der Waals surface area contributed by atoms with E-state index >= 15 is 0 Å². The monoisotopic (exact) mass is 552 g/mol. The molecule has 6 nitrogen and oxygen atoms in total. The molecule has 0 spiro atoms. The fourth-order valence-corrected chi connectivity index (χ4v) is 5.27. The summed E-state index contributed by atoms with van der Waals surface area (Å²) < 4.78 is 47.6. The minimum absolute atomic E-state index is 0.0656. The molecule has 2 aliphatic rings. The van der Waals surface area contributed by atoms with Gasteiger partial charge >= 0.3 is 6.18 Å². The lowest BCUT2D eigenvalue weighted by atomic mass is 9.87. The highest BCUT2D eigenvalue weighted by Gasteiger charge is 2.62. The standard InChI is InChI=1S/C28H32ClF3N2O4/c1-33(2)25(35)22-11-10-21(17-23(22)29)38-24-16-19(24)9-8-18-12-14-34(15-13-18)26(36)27(37,28(30,31)32)20-6-4-3-5-7-20/h3-7,10-11,17-19,24,37H,8-9,12-16H2,1-2H3/t19-,24-,27+/m0/s1. The number of likely N-dealkylation sites (tertiary alicyclic amines) is 1. The van der Waals surface area contributed by atoms with Crippen LogP contribution in [0, 0.1) is 11.8 Å². The van der Waals surface area contributed by atoms with Gasteiger partial charge in [0.15, 0.2) is 0 Å². The van der Waals surface area contributed by atoms with E-state index < -0.39 is 23.2 Å². The average molecular weight is 553 g/mol. The number of piperidine rings is 1. The molecule has 206 valence electrons. The van der Waals surface area contributed by atoms with Gasteiger partial charge in [-0.3, -0.25) is 9.59 Å². The molecule has 1 N–H and O–H groups in total. The van der Waals surface area contributed by atoms with Gasteiger partial charge in [0.2, 0.25) is 0 Å². The van der Waals surface area contributed by atoms with Crippen molar-refractivity contribution in [3.05, 3.63) is 64.7 Å². The Bertz CT molecular complexity index is 1150. The number of hydrogen-bond acceptors (Lipinski definition) is 4. The first-order valence-corrected chi connectivity index (χ1v) is 13.1. The van der Waals surface area contributed by atoms with Gasteiger partial charge in [-0.1, -0.05) is 41.9 Å². The first-order valence-electron chi connectivity index (χ1n) is 12.7. The Morgan fingerprint density at radius 2 is 1.74 bits per heavy atom. The second-order valence-corrected chi connectivity index (χ2v) is 10.8. The fraction of sp³-hybridized carbons (Fsp3) is 0.500. The Hall–Kier alpha value is -2.78. The van der Waals surface area contributed by atoms with E-state index in [1.165, 1.54) is 23.1 Å². The van der Waals surface area contributed by atoms with Crippen molar-refractivity contribution in [3.63, 3.8) is 0 Å². The first-order chi connectivity index (χ1) is 17.9. The summed E-state index contributed by atoms with van der Waals surface area (Å²) in [6, 6.07) is 11.6. The average Bonchev–Trinajstić information content (AvgIpc) is 3.63. The molecule has 0 radical (unpaired) electrons. The number of alkyl halides is 3. The summed E-state index contributed by atoms with van der Waals surface area (Å²) in [7, 11) is 3.32. The summed E-state index contributed by atoms with van der Waals surface area (Å²) >= 11 is 6.26. The number of carbonyl (C=O) groups excluding carboxylic acids is 2. The Labute approximate surface area is 225 Å². The molecule has 4 rings (SSSR count). The van der Waals surface area contributed by atoms with E-state index in [2.05, 4.69) is 0 Å². The Kier molecular flexibility index (Phi) is 8.28. The molecule has 2 aromatic rings. The first kappa shape index (κ1) is 28.2. The molecule has 0 aromatic heterocycles. The zero-order valence-electron chi connectivity index (χ0n) is 21.4. The number of nitrogens with zero attached hydrogens (tertiary/aromatic N) is 2. The molecule has 0 bridgehead atoms. The van der Waals surface area contributed by atoms with Gasteiger partial charge in [0.1, 0.15) is 11.9 Å². The SMILES string of the molecule is CN(C)C(=O)c1ccc(O[C@H]2C[C@@H]2CCC2CCN(C(=O)[C@](O)(c3ccccc3)C(F)(F)F)CC2)cc1Cl. The predicted molar refractivity (Wildman–Crippen MR) is 137 cm³/mol. The zero-order valence-corrected chi connectivity index (χ0v) is 22.1. The summed E-state index contributed by atoms with van der Waals surface area (Å²) in [5, 5.41) is 10.9. The van der Waals surface area contributed by atoms with Gasteiger partial charge in [-0.2, -0.15) is 13.2 Å². The van der Waals surface area contributed by atoms with Crippen LogP contribution in [-0.2, 0) is 10.4 Å². The van der Waals surface area contributed by atoms with E-state index in [1.54, 1.807) is 32.3 Å². The summed E-state index contributed by atoms with van der Waals surface area (Å²) in [5.41, 5.74) is -3.61. The van der Waals surface area contributed by atoms with Gasteiger partial charge in [0, 0.05) is 32.7 Å².